The zero-order valence-corrected chi connectivity index (χ0v) is 11.2. The average Bonchev–Trinajstić information content (AvgIpc) is 2.30. The van der Waals surface area contributed by atoms with E-state index >= 15 is 0 Å². The fourth-order valence-corrected chi connectivity index (χ4v) is 2.73. The SMILES string of the molecule is CCOC(=O)CCS(=O)(=O)c1ccc(F)c(Cl)c1. The first kappa shape index (κ1) is 14.9. The Morgan fingerprint density at radius 2 is 2.11 bits per heavy atom. The molecule has 1 rings (SSSR count). The Morgan fingerprint density at radius 1 is 1.44 bits per heavy atom. The molecule has 7 heteroatoms. The first-order valence-corrected chi connectivity index (χ1v) is 7.23. The predicted molar refractivity (Wildman–Crippen MR) is 64.7 cm³/mol. The minimum atomic E-state index is -3.66. The van der Waals surface area contributed by atoms with Crippen molar-refractivity contribution in [3.8, 4) is 0 Å². The van der Waals surface area contributed by atoms with Gasteiger partial charge < -0.3 is 4.74 Å². The fourth-order valence-electron chi connectivity index (χ4n) is 1.24. The molecule has 1 aromatic carbocycles. The highest BCUT2D eigenvalue weighted by Gasteiger charge is 2.18. The first-order chi connectivity index (χ1) is 8.36. The molecule has 0 radical (unpaired) electrons. The predicted octanol–water partition coefficient (Wildman–Crippen LogP) is 2.21. The van der Waals surface area contributed by atoms with Crippen LogP contribution in [-0.2, 0) is 19.4 Å². The molecule has 0 aliphatic rings. The van der Waals surface area contributed by atoms with Gasteiger partial charge in [0, 0.05) is 0 Å². The second-order valence-electron chi connectivity index (χ2n) is 3.45. The Morgan fingerprint density at radius 3 is 2.67 bits per heavy atom. The highest BCUT2D eigenvalue weighted by Crippen LogP contribution is 2.20. The zero-order chi connectivity index (χ0) is 13.8. The van der Waals surface area contributed by atoms with E-state index in [1.54, 1.807) is 6.92 Å². The summed E-state index contributed by atoms with van der Waals surface area (Å²) in [6, 6.07) is 3.11. The van der Waals surface area contributed by atoms with Gasteiger partial charge in [-0.3, -0.25) is 4.79 Å². The van der Waals surface area contributed by atoms with Gasteiger partial charge >= 0.3 is 5.97 Å². The molecule has 18 heavy (non-hydrogen) atoms. The molecule has 100 valence electrons. The molecule has 0 saturated heterocycles. The molecule has 0 aliphatic heterocycles. The van der Waals surface area contributed by atoms with Crippen molar-refractivity contribution in [2.24, 2.45) is 0 Å². The molecule has 0 aliphatic carbocycles. The number of benzene rings is 1. The first-order valence-electron chi connectivity index (χ1n) is 5.20. The summed E-state index contributed by atoms with van der Waals surface area (Å²) in [4.78, 5) is 11.0. The van der Waals surface area contributed by atoms with Crippen molar-refractivity contribution in [3.05, 3.63) is 29.0 Å². The van der Waals surface area contributed by atoms with Crippen LogP contribution in [0, 0.1) is 5.82 Å². The normalized spacial score (nSPS) is 11.3. The molecular weight excluding hydrogens is 283 g/mol. The molecule has 0 atom stereocenters. The molecule has 0 bridgehead atoms. The monoisotopic (exact) mass is 294 g/mol. The van der Waals surface area contributed by atoms with Gasteiger partial charge in [-0.05, 0) is 25.1 Å². The number of esters is 1. The van der Waals surface area contributed by atoms with Crippen LogP contribution in [0.15, 0.2) is 23.1 Å². The van der Waals surface area contributed by atoms with Crippen LogP contribution >= 0.6 is 11.6 Å². The lowest BCUT2D eigenvalue weighted by Gasteiger charge is -2.05. The third kappa shape index (κ3) is 3.96. The van der Waals surface area contributed by atoms with Gasteiger partial charge in [0.15, 0.2) is 9.84 Å². The quantitative estimate of drug-likeness (QED) is 0.617. The average molecular weight is 295 g/mol. The Labute approximate surface area is 110 Å². The van der Waals surface area contributed by atoms with Crippen molar-refractivity contribution in [1.29, 1.82) is 0 Å². The molecule has 0 N–H and O–H groups in total. The van der Waals surface area contributed by atoms with Crippen molar-refractivity contribution in [2.75, 3.05) is 12.4 Å². The Bertz CT molecular complexity index is 542. The third-order valence-corrected chi connectivity index (χ3v) is 4.13. The number of hydrogen-bond acceptors (Lipinski definition) is 4. The highest BCUT2D eigenvalue weighted by atomic mass is 35.5. The molecule has 0 saturated carbocycles. The number of hydrogen-bond donors (Lipinski definition) is 0. The molecule has 0 heterocycles. The summed E-state index contributed by atoms with van der Waals surface area (Å²) in [5, 5.41) is -0.271. The smallest absolute Gasteiger partial charge is 0.306 e. The van der Waals surface area contributed by atoms with Gasteiger partial charge in [0.25, 0.3) is 0 Å². The number of carbonyl (C=O) groups is 1. The minimum Gasteiger partial charge on any atom is -0.466 e. The van der Waals surface area contributed by atoms with Gasteiger partial charge in [-0.2, -0.15) is 0 Å². The summed E-state index contributed by atoms with van der Waals surface area (Å²) in [6.45, 7) is 1.83. The topological polar surface area (TPSA) is 60.4 Å². The summed E-state index contributed by atoms with van der Waals surface area (Å²) >= 11 is 5.50. The van der Waals surface area contributed by atoms with Crippen LogP contribution in [0.3, 0.4) is 0 Å². The Hall–Kier alpha value is -1.14. The Kier molecular flexibility index (Phi) is 5.10. The maximum absolute atomic E-state index is 12.9. The third-order valence-electron chi connectivity index (χ3n) is 2.13. The second-order valence-corrected chi connectivity index (χ2v) is 5.97. The van der Waals surface area contributed by atoms with Crippen molar-refractivity contribution >= 4 is 27.4 Å². The van der Waals surface area contributed by atoms with Crippen molar-refractivity contribution in [3.63, 3.8) is 0 Å². The summed E-state index contributed by atoms with van der Waals surface area (Å²) in [5.41, 5.74) is 0. The largest absolute Gasteiger partial charge is 0.466 e. The number of sulfone groups is 1. The Balaban J connectivity index is 2.80. The molecule has 0 aromatic heterocycles. The van der Waals surface area contributed by atoms with E-state index in [4.69, 9.17) is 11.6 Å². The lowest BCUT2D eigenvalue weighted by molar-refractivity contribution is -0.142. The summed E-state index contributed by atoms with van der Waals surface area (Å²) in [5.74, 6) is -1.68. The lowest BCUT2D eigenvalue weighted by Crippen LogP contribution is -2.13. The van der Waals surface area contributed by atoms with Crippen LogP contribution < -0.4 is 0 Å². The number of carbonyl (C=O) groups excluding carboxylic acids is 1. The van der Waals surface area contributed by atoms with Gasteiger partial charge in [0.2, 0.25) is 0 Å². The standard InChI is InChI=1S/C11H12ClFO4S/c1-2-17-11(14)5-6-18(15,16)8-3-4-10(13)9(12)7-8/h3-4,7H,2,5-6H2,1H3. The van der Waals surface area contributed by atoms with Crippen molar-refractivity contribution in [1.82, 2.24) is 0 Å². The van der Waals surface area contributed by atoms with E-state index in [0.29, 0.717) is 0 Å². The molecule has 4 nitrogen and oxygen atoms in total. The fraction of sp³-hybridized carbons (Fsp3) is 0.364. The van der Waals surface area contributed by atoms with Crippen LogP contribution in [-0.4, -0.2) is 26.7 Å². The van der Waals surface area contributed by atoms with Gasteiger partial charge in [-0.1, -0.05) is 11.6 Å². The molecule has 1 aromatic rings. The van der Waals surface area contributed by atoms with E-state index < -0.39 is 27.4 Å². The van der Waals surface area contributed by atoms with Crippen LogP contribution in [0.2, 0.25) is 5.02 Å². The van der Waals surface area contributed by atoms with Crippen LogP contribution in [0.5, 0.6) is 0 Å². The molecular formula is C11H12ClFO4S. The van der Waals surface area contributed by atoms with E-state index in [-0.39, 0.29) is 22.9 Å². The lowest BCUT2D eigenvalue weighted by atomic mass is 10.3. The highest BCUT2D eigenvalue weighted by molar-refractivity contribution is 7.91. The number of rotatable bonds is 5. The number of ether oxygens (including phenoxy) is 1. The summed E-state index contributed by atoms with van der Waals surface area (Å²) in [6.07, 6.45) is -0.245. The molecule has 0 unspecified atom stereocenters. The van der Waals surface area contributed by atoms with Gasteiger partial charge in [0.1, 0.15) is 5.82 Å². The van der Waals surface area contributed by atoms with Gasteiger partial charge in [-0.15, -0.1) is 0 Å². The minimum absolute atomic E-state index is 0.113. The summed E-state index contributed by atoms with van der Waals surface area (Å²) < 4.78 is 41.2. The zero-order valence-electron chi connectivity index (χ0n) is 9.65. The van der Waals surface area contributed by atoms with Crippen molar-refractivity contribution in [2.45, 2.75) is 18.2 Å². The summed E-state index contributed by atoms with van der Waals surface area (Å²) in [7, 11) is -3.66. The molecule has 0 spiro atoms. The van der Waals surface area contributed by atoms with Gasteiger partial charge in [0.05, 0.1) is 28.7 Å². The van der Waals surface area contributed by atoms with E-state index in [1.807, 2.05) is 0 Å². The molecule has 0 amide bonds. The molecule has 0 fully saturated rings. The van der Waals surface area contributed by atoms with E-state index in [0.717, 1.165) is 18.2 Å². The van der Waals surface area contributed by atoms with Crippen LogP contribution in [0.4, 0.5) is 4.39 Å². The van der Waals surface area contributed by atoms with E-state index in [2.05, 4.69) is 4.74 Å². The number of halogens is 2. The van der Waals surface area contributed by atoms with Gasteiger partial charge in [-0.25, -0.2) is 12.8 Å². The second kappa shape index (κ2) is 6.15. The maximum atomic E-state index is 12.9. The van der Waals surface area contributed by atoms with Crippen LogP contribution in [0.1, 0.15) is 13.3 Å². The maximum Gasteiger partial charge on any atom is 0.306 e. The van der Waals surface area contributed by atoms with Crippen molar-refractivity contribution < 1.29 is 22.3 Å². The van der Waals surface area contributed by atoms with E-state index in [1.165, 1.54) is 0 Å². The van der Waals surface area contributed by atoms with E-state index in [9.17, 15) is 17.6 Å². The van der Waals surface area contributed by atoms with Crippen LogP contribution in [0.25, 0.3) is 0 Å².